The lowest BCUT2D eigenvalue weighted by atomic mass is 10.3. The van der Waals surface area contributed by atoms with E-state index >= 15 is 0 Å². The van der Waals surface area contributed by atoms with E-state index in [2.05, 4.69) is 10.3 Å². The van der Waals surface area contributed by atoms with Crippen LogP contribution in [-0.2, 0) is 0 Å². The number of thiazole rings is 1. The first-order chi connectivity index (χ1) is 6.74. The van der Waals surface area contributed by atoms with Crippen molar-refractivity contribution in [2.45, 2.75) is 0 Å². The summed E-state index contributed by atoms with van der Waals surface area (Å²) < 4.78 is 0. The predicted molar refractivity (Wildman–Crippen MR) is 61.9 cm³/mol. The van der Waals surface area contributed by atoms with E-state index in [9.17, 15) is 0 Å². The van der Waals surface area contributed by atoms with Crippen LogP contribution >= 0.6 is 34.5 Å². The molecule has 0 saturated carbocycles. The molecule has 0 aliphatic heterocycles. The molecule has 0 unspecified atom stereocenters. The van der Waals surface area contributed by atoms with Crippen molar-refractivity contribution in [1.29, 1.82) is 0 Å². The highest BCUT2D eigenvalue weighted by Crippen LogP contribution is 2.24. The van der Waals surface area contributed by atoms with Crippen LogP contribution in [0.25, 0.3) is 0 Å². The topological polar surface area (TPSA) is 24.9 Å². The number of benzene rings is 1. The molecule has 1 heterocycles. The van der Waals surface area contributed by atoms with Crippen LogP contribution in [0.2, 0.25) is 10.0 Å². The minimum absolute atomic E-state index is 0.607. The molecule has 0 radical (unpaired) electrons. The van der Waals surface area contributed by atoms with Crippen LogP contribution in [0, 0.1) is 0 Å². The van der Waals surface area contributed by atoms with E-state index in [-0.39, 0.29) is 0 Å². The van der Waals surface area contributed by atoms with Crippen molar-refractivity contribution >= 4 is 46.0 Å². The smallest absolute Gasteiger partial charge is 0.141 e. The summed E-state index contributed by atoms with van der Waals surface area (Å²) in [5.74, 6) is 0.799. The molecule has 1 N–H and O–H groups in total. The van der Waals surface area contributed by atoms with Gasteiger partial charge < -0.3 is 5.32 Å². The first kappa shape index (κ1) is 9.77. The first-order valence-corrected chi connectivity index (χ1v) is 5.55. The fourth-order valence-electron chi connectivity index (χ4n) is 1.05. The van der Waals surface area contributed by atoms with Gasteiger partial charge >= 0.3 is 0 Å². The maximum atomic E-state index is 5.85. The highest BCUT2D eigenvalue weighted by molar-refractivity contribution is 7.07. The minimum atomic E-state index is 0.607. The maximum Gasteiger partial charge on any atom is 0.141 e. The van der Waals surface area contributed by atoms with Crippen LogP contribution in [-0.4, -0.2) is 4.98 Å². The molecule has 0 aliphatic carbocycles. The quantitative estimate of drug-likeness (QED) is 0.857. The Morgan fingerprint density at radius 2 is 1.86 bits per heavy atom. The molecule has 0 bridgehead atoms. The number of nitrogens with zero attached hydrogens (tertiary/aromatic N) is 1. The summed E-state index contributed by atoms with van der Waals surface area (Å²) in [5.41, 5.74) is 2.60. The van der Waals surface area contributed by atoms with Crippen LogP contribution in [0.15, 0.2) is 29.1 Å². The number of anilines is 2. The van der Waals surface area contributed by atoms with Gasteiger partial charge in [-0.05, 0) is 18.2 Å². The number of hydrogen-bond donors (Lipinski definition) is 1. The predicted octanol–water partition coefficient (Wildman–Crippen LogP) is 4.19. The molecule has 2 rings (SSSR count). The molecule has 0 saturated heterocycles. The third-order valence-corrected chi connectivity index (χ3v) is 2.59. The Morgan fingerprint density at radius 3 is 2.43 bits per heavy atom. The van der Waals surface area contributed by atoms with Gasteiger partial charge in [0.2, 0.25) is 0 Å². The lowest BCUT2D eigenvalue weighted by molar-refractivity contribution is 1.38. The molecule has 2 nitrogen and oxygen atoms in total. The zero-order valence-electron chi connectivity index (χ0n) is 7.00. The van der Waals surface area contributed by atoms with Crippen LogP contribution in [0.4, 0.5) is 11.5 Å². The summed E-state index contributed by atoms with van der Waals surface area (Å²) >= 11 is 13.2. The SMILES string of the molecule is Clc1cc(Cl)cc(Nc2cscn2)c1. The van der Waals surface area contributed by atoms with E-state index in [0.29, 0.717) is 10.0 Å². The number of halogens is 2. The molecular formula is C9H6Cl2N2S. The highest BCUT2D eigenvalue weighted by Gasteiger charge is 1.99. The molecular weight excluding hydrogens is 239 g/mol. The van der Waals surface area contributed by atoms with Crippen LogP contribution in [0.5, 0.6) is 0 Å². The van der Waals surface area contributed by atoms with Gasteiger partial charge in [-0.1, -0.05) is 23.2 Å². The Labute approximate surface area is 95.5 Å². The number of nitrogens with one attached hydrogen (secondary N) is 1. The van der Waals surface area contributed by atoms with Gasteiger partial charge in [-0.25, -0.2) is 4.98 Å². The molecule has 0 spiro atoms. The Hall–Kier alpha value is -0.770. The van der Waals surface area contributed by atoms with E-state index in [0.717, 1.165) is 11.5 Å². The van der Waals surface area contributed by atoms with Crippen molar-refractivity contribution in [2.24, 2.45) is 0 Å². The van der Waals surface area contributed by atoms with E-state index in [1.54, 1.807) is 23.7 Å². The molecule has 1 aromatic heterocycles. The number of rotatable bonds is 2. The lowest BCUT2D eigenvalue weighted by Gasteiger charge is -2.03. The second-order valence-electron chi connectivity index (χ2n) is 2.66. The molecule has 14 heavy (non-hydrogen) atoms. The van der Waals surface area contributed by atoms with Gasteiger partial charge in [-0.15, -0.1) is 11.3 Å². The number of aromatic nitrogens is 1. The van der Waals surface area contributed by atoms with Crippen molar-refractivity contribution in [3.63, 3.8) is 0 Å². The fourth-order valence-corrected chi connectivity index (χ4v) is 2.06. The van der Waals surface area contributed by atoms with E-state index in [4.69, 9.17) is 23.2 Å². The minimum Gasteiger partial charge on any atom is -0.339 e. The first-order valence-electron chi connectivity index (χ1n) is 3.85. The molecule has 0 fully saturated rings. The lowest BCUT2D eigenvalue weighted by Crippen LogP contribution is -1.89. The van der Waals surface area contributed by atoms with Gasteiger partial charge in [0.25, 0.3) is 0 Å². The highest BCUT2D eigenvalue weighted by atomic mass is 35.5. The van der Waals surface area contributed by atoms with E-state index in [1.165, 1.54) is 11.3 Å². The summed E-state index contributed by atoms with van der Waals surface area (Å²) in [6.07, 6.45) is 0. The third-order valence-electron chi connectivity index (χ3n) is 1.57. The van der Waals surface area contributed by atoms with Crippen molar-refractivity contribution in [3.8, 4) is 0 Å². The van der Waals surface area contributed by atoms with Gasteiger partial charge in [-0.3, -0.25) is 0 Å². The summed E-state index contributed by atoms with van der Waals surface area (Å²) in [6, 6.07) is 5.29. The Morgan fingerprint density at radius 1 is 1.14 bits per heavy atom. The Bertz CT molecular complexity index is 408. The summed E-state index contributed by atoms with van der Waals surface area (Å²) in [4.78, 5) is 4.09. The molecule has 72 valence electrons. The van der Waals surface area contributed by atoms with Crippen LogP contribution in [0.3, 0.4) is 0 Å². The summed E-state index contributed by atoms with van der Waals surface area (Å²) in [5, 5.41) is 6.22. The fraction of sp³-hybridized carbons (Fsp3) is 0. The third kappa shape index (κ3) is 2.38. The van der Waals surface area contributed by atoms with Crippen molar-refractivity contribution < 1.29 is 0 Å². The monoisotopic (exact) mass is 244 g/mol. The van der Waals surface area contributed by atoms with E-state index < -0.39 is 0 Å². The summed E-state index contributed by atoms with van der Waals surface area (Å²) in [6.45, 7) is 0. The number of hydrogen-bond acceptors (Lipinski definition) is 3. The van der Waals surface area contributed by atoms with Gasteiger partial charge in [-0.2, -0.15) is 0 Å². The molecule has 0 amide bonds. The van der Waals surface area contributed by atoms with Gasteiger partial charge in [0.1, 0.15) is 5.82 Å². The van der Waals surface area contributed by atoms with Crippen LogP contribution in [0.1, 0.15) is 0 Å². The van der Waals surface area contributed by atoms with E-state index in [1.807, 2.05) is 5.38 Å². The standard InChI is InChI=1S/C9H6Cl2N2S/c10-6-1-7(11)3-8(2-6)13-9-4-14-5-12-9/h1-5,13H. The van der Waals surface area contributed by atoms with Gasteiger partial charge in [0.05, 0.1) is 5.51 Å². The zero-order chi connectivity index (χ0) is 9.97. The van der Waals surface area contributed by atoms with Gasteiger partial charge in [0.15, 0.2) is 0 Å². The second kappa shape index (κ2) is 4.17. The molecule has 0 aliphatic rings. The zero-order valence-corrected chi connectivity index (χ0v) is 9.33. The maximum absolute atomic E-state index is 5.85. The van der Waals surface area contributed by atoms with Crippen LogP contribution < -0.4 is 5.32 Å². The average molecular weight is 245 g/mol. The molecule has 0 atom stereocenters. The Balaban J connectivity index is 2.25. The van der Waals surface area contributed by atoms with Crippen molar-refractivity contribution in [2.75, 3.05) is 5.32 Å². The largest absolute Gasteiger partial charge is 0.339 e. The molecule has 5 heteroatoms. The molecule has 2 aromatic rings. The van der Waals surface area contributed by atoms with Crippen molar-refractivity contribution in [3.05, 3.63) is 39.1 Å². The van der Waals surface area contributed by atoms with Gasteiger partial charge in [0, 0.05) is 21.1 Å². The average Bonchev–Trinajstić information content (AvgIpc) is 2.54. The second-order valence-corrected chi connectivity index (χ2v) is 4.25. The van der Waals surface area contributed by atoms with Crippen molar-refractivity contribution in [1.82, 2.24) is 4.98 Å². The normalized spacial score (nSPS) is 10.1. The molecule has 1 aromatic carbocycles. The summed E-state index contributed by atoms with van der Waals surface area (Å²) in [7, 11) is 0. The Kier molecular flexibility index (Phi) is 2.91.